The molecular formula is C16H28N2OS. The minimum Gasteiger partial charge on any atom is -0.383 e. The van der Waals surface area contributed by atoms with Gasteiger partial charge in [0.05, 0.1) is 5.69 Å². The molecule has 114 valence electrons. The van der Waals surface area contributed by atoms with Crippen LogP contribution < -0.4 is 10.7 Å². The Morgan fingerprint density at radius 2 is 1.85 bits per heavy atom. The van der Waals surface area contributed by atoms with Crippen LogP contribution in [0.5, 0.6) is 0 Å². The van der Waals surface area contributed by atoms with Gasteiger partial charge in [-0.1, -0.05) is 46.8 Å². The molecule has 0 unspecified atom stereocenters. The molecule has 0 heterocycles. The van der Waals surface area contributed by atoms with Crippen molar-refractivity contribution in [2.75, 3.05) is 31.5 Å². The molecule has 0 radical (unpaired) electrons. The minimum atomic E-state index is -0.126. The summed E-state index contributed by atoms with van der Waals surface area (Å²) in [6.45, 7) is 14.8. The first kappa shape index (κ1) is 17.3. The molecule has 0 saturated carbocycles. The van der Waals surface area contributed by atoms with Gasteiger partial charge in [0.1, 0.15) is 4.51 Å². The predicted octanol–water partition coefficient (Wildman–Crippen LogP) is 3.48. The van der Waals surface area contributed by atoms with Crippen molar-refractivity contribution in [3.8, 4) is 0 Å². The van der Waals surface area contributed by atoms with Gasteiger partial charge in [0.2, 0.25) is 5.43 Å². The average molecular weight is 296 g/mol. The molecule has 0 aliphatic rings. The molecule has 0 aliphatic carbocycles. The third-order valence-corrected chi connectivity index (χ3v) is 3.99. The van der Waals surface area contributed by atoms with E-state index in [-0.39, 0.29) is 10.8 Å². The Morgan fingerprint density at radius 1 is 1.20 bits per heavy atom. The fourth-order valence-electron chi connectivity index (χ4n) is 2.54. The van der Waals surface area contributed by atoms with Crippen LogP contribution in [0.3, 0.4) is 0 Å². The third-order valence-electron chi connectivity index (χ3n) is 3.60. The van der Waals surface area contributed by atoms with Gasteiger partial charge in [0.15, 0.2) is 0 Å². The minimum absolute atomic E-state index is 0.0520. The van der Waals surface area contributed by atoms with Crippen LogP contribution in [0.4, 0.5) is 5.69 Å². The van der Waals surface area contributed by atoms with E-state index in [1.807, 2.05) is 0 Å². The fourth-order valence-corrected chi connectivity index (χ4v) is 2.81. The first-order chi connectivity index (χ1) is 9.32. The van der Waals surface area contributed by atoms with E-state index in [9.17, 15) is 4.79 Å². The van der Waals surface area contributed by atoms with E-state index in [1.165, 1.54) is 6.42 Å². The molecule has 0 spiro atoms. The highest BCUT2D eigenvalue weighted by Gasteiger charge is 2.27. The van der Waals surface area contributed by atoms with Crippen molar-refractivity contribution in [2.24, 2.45) is 0 Å². The van der Waals surface area contributed by atoms with Crippen LogP contribution in [-0.4, -0.2) is 31.1 Å². The molecule has 3 nitrogen and oxygen atoms in total. The van der Waals surface area contributed by atoms with Gasteiger partial charge in [0.25, 0.3) is 0 Å². The average Bonchev–Trinajstić information content (AvgIpc) is 2.38. The van der Waals surface area contributed by atoms with Crippen LogP contribution >= 0.6 is 12.2 Å². The first-order valence-electron chi connectivity index (χ1n) is 7.62. The lowest BCUT2D eigenvalue weighted by molar-refractivity contribution is 0.288. The zero-order valence-corrected chi connectivity index (χ0v) is 14.3. The van der Waals surface area contributed by atoms with Gasteiger partial charge in [0, 0.05) is 12.1 Å². The van der Waals surface area contributed by atoms with Crippen LogP contribution in [-0.2, 0) is 5.41 Å². The summed E-state index contributed by atoms with van der Waals surface area (Å²) in [6.07, 6.45) is 2.27. The summed E-state index contributed by atoms with van der Waals surface area (Å²) < 4.78 is 0.482. The highest BCUT2D eigenvalue weighted by Crippen LogP contribution is 2.30. The lowest BCUT2D eigenvalue weighted by Crippen LogP contribution is -2.31. The molecule has 0 bridgehead atoms. The van der Waals surface area contributed by atoms with Crippen LogP contribution in [0.15, 0.2) is 4.79 Å². The molecule has 0 atom stereocenters. The van der Waals surface area contributed by atoms with E-state index in [4.69, 9.17) is 12.2 Å². The zero-order chi connectivity index (χ0) is 15.3. The quantitative estimate of drug-likeness (QED) is 0.588. The second-order valence-corrected chi connectivity index (χ2v) is 6.78. The van der Waals surface area contributed by atoms with E-state index in [0.717, 1.165) is 43.9 Å². The maximum Gasteiger partial charge on any atom is 0.204 e. The predicted molar refractivity (Wildman–Crippen MR) is 90.1 cm³/mol. The summed E-state index contributed by atoms with van der Waals surface area (Å²) in [4.78, 5) is 14.3. The van der Waals surface area contributed by atoms with Gasteiger partial charge in [-0.15, -0.1) is 0 Å². The lowest BCUT2D eigenvalue weighted by Gasteiger charge is -2.26. The summed E-state index contributed by atoms with van der Waals surface area (Å²) in [6, 6.07) is 0. The Balaban J connectivity index is 2.50. The van der Waals surface area contributed by atoms with E-state index in [2.05, 4.69) is 44.8 Å². The van der Waals surface area contributed by atoms with Gasteiger partial charge in [-0.25, -0.2) is 0 Å². The van der Waals surface area contributed by atoms with Gasteiger partial charge in [-0.2, -0.15) is 0 Å². The van der Waals surface area contributed by atoms with E-state index < -0.39 is 0 Å². The van der Waals surface area contributed by atoms with Gasteiger partial charge in [-0.05, 0) is 37.9 Å². The summed E-state index contributed by atoms with van der Waals surface area (Å²) in [5, 5.41) is 3.37. The topological polar surface area (TPSA) is 32.3 Å². The van der Waals surface area contributed by atoms with Crippen LogP contribution in [0.2, 0.25) is 0 Å². The van der Waals surface area contributed by atoms with Crippen molar-refractivity contribution < 1.29 is 0 Å². The Kier molecular flexibility index (Phi) is 6.34. The molecule has 1 aromatic rings. The molecule has 0 amide bonds. The number of rotatable bonds is 8. The van der Waals surface area contributed by atoms with Crippen molar-refractivity contribution in [3.63, 3.8) is 0 Å². The standard InChI is InChI=1S/C16H28N2OS/c1-6-10-18(7-2)11-8-9-17-13-12(16(3,4)5)14(19)15(13)20/h17H,6-11H2,1-5H3. The number of hydrogen-bond acceptors (Lipinski definition) is 4. The Bertz CT molecular complexity index is 495. The molecule has 0 fully saturated rings. The van der Waals surface area contributed by atoms with Crippen molar-refractivity contribution >= 4 is 17.9 Å². The van der Waals surface area contributed by atoms with Gasteiger partial charge in [-0.3, -0.25) is 4.79 Å². The van der Waals surface area contributed by atoms with Crippen molar-refractivity contribution in [2.45, 2.75) is 52.9 Å². The third kappa shape index (κ3) is 4.13. The fraction of sp³-hybridized carbons (Fsp3) is 0.750. The number of nitrogens with zero attached hydrogens (tertiary/aromatic N) is 1. The maximum absolute atomic E-state index is 11.8. The van der Waals surface area contributed by atoms with E-state index >= 15 is 0 Å². The normalized spacial score (nSPS) is 12.3. The van der Waals surface area contributed by atoms with Crippen molar-refractivity contribution in [1.82, 2.24) is 4.90 Å². The molecule has 20 heavy (non-hydrogen) atoms. The largest absolute Gasteiger partial charge is 0.383 e. The summed E-state index contributed by atoms with van der Waals surface area (Å²) in [5.41, 5.74) is 1.70. The molecule has 4 heteroatoms. The summed E-state index contributed by atoms with van der Waals surface area (Å²) >= 11 is 5.16. The van der Waals surface area contributed by atoms with Crippen molar-refractivity contribution in [3.05, 3.63) is 20.3 Å². The molecule has 1 N–H and O–H groups in total. The van der Waals surface area contributed by atoms with Crippen LogP contribution in [0.1, 0.15) is 53.0 Å². The Labute approximate surface area is 128 Å². The maximum atomic E-state index is 11.8. The SMILES string of the molecule is CCCN(CC)CCCNc1c(C(C)(C)C)c(=O)c1=S. The highest BCUT2D eigenvalue weighted by atomic mass is 32.1. The number of anilines is 1. The molecule has 0 saturated heterocycles. The molecule has 0 aliphatic heterocycles. The molecule has 1 rings (SSSR count). The monoisotopic (exact) mass is 296 g/mol. The van der Waals surface area contributed by atoms with Gasteiger partial charge >= 0.3 is 0 Å². The smallest absolute Gasteiger partial charge is 0.204 e. The molecule has 1 aromatic carbocycles. The molecule has 0 aromatic heterocycles. The summed E-state index contributed by atoms with van der Waals surface area (Å²) in [5.74, 6) is 0. The number of nitrogens with one attached hydrogen (secondary N) is 1. The first-order valence-corrected chi connectivity index (χ1v) is 8.03. The van der Waals surface area contributed by atoms with Gasteiger partial charge < -0.3 is 10.2 Å². The highest BCUT2D eigenvalue weighted by molar-refractivity contribution is 7.71. The lowest BCUT2D eigenvalue weighted by atomic mass is 9.82. The second-order valence-electron chi connectivity index (χ2n) is 6.37. The van der Waals surface area contributed by atoms with Crippen LogP contribution in [0, 0.1) is 4.51 Å². The Hall–Kier alpha value is -0.740. The summed E-state index contributed by atoms with van der Waals surface area (Å²) in [7, 11) is 0. The number of hydrogen-bond donors (Lipinski definition) is 1. The van der Waals surface area contributed by atoms with E-state index in [0.29, 0.717) is 4.51 Å². The van der Waals surface area contributed by atoms with E-state index in [1.54, 1.807) is 0 Å². The Morgan fingerprint density at radius 3 is 2.35 bits per heavy atom. The molecular weight excluding hydrogens is 268 g/mol. The van der Waals surface area contributed by atoms with Crippen LogP contribution in [0.25, 0.3) is 0 Å². The zero-order valence-electron chi connectivity index (χ0n) is 13.5. The second kappa shape index (κ2) is 7.32. The van der Waals surface area contributed by atoms with Crippen molar-refractivity contribution in [1.29, 1.82) is 0 Å².